The highest BCUT2D eigenvalue weighted by molar-refractivity contribution is 14.1. The molecule has 68 valence electrons. The van der Waals surface area contributed by atoms with Crippen molar-refractivity contribution >= 4 is 22.6 Å². The SMILES string of the molecule is C#CC(C)(C)Oc1ncncc1I. The molecule has 0 aliphatic carbocycles. The van der Waals surface area contributed by atoms with Crippen LogP contribution in [0.5, 0.6) is 5.88 Å². The number of halogens is 1. The average molecular weight is 288 g/mol. The third-order valence-corrected chi connectivity index (χ3v) is 2.07. The maximum Gasteiger partial charge on any atom is 0.231 e. The summed E-state index contributed by atoms with van der Waals surface area (Å²) in [6.45, 7) is 3.62. The minimum atomic E-state index is -0.631. The van der Waals surface area contributed by atoms with E-state index in [4.69, 9.17) is 11.2 Å². The van der Waals surface area contributed by atoms with Crippen molar-refractivity contribution in [3.05, 3.63) is 16.1 Å². The van der Waals surface area contributed by atoms with E-state index in [9.17, 15) is 0 Å². The highest BCUT2D eigenvalue weighted by atomic mass is 127. The third-order valence-electron chi connectivity index (χ3n) is 1.33. The molecular formula is C9H9IN2O. The van der Waals surface area contributed by atoms with Crippen molar-refractivity contribution in [2.24, 2.45) is 0 Å². The Morgan fingerprint density at radius 3 is 2.85 bits per heavy atom. The van der Waals surface area contributed by atoms with Gasteiger partial charge in [0, 0.05) is 6.20 Å². The van der Waals surface area contributed by atoms with E-state index in [-0.39, 0.29) is 0 Å². The van der Waals surface area contributed by atoms with Crippen molar-refractivity contribution in [1.29, 1.82) is 0 Å². The van der Waals surface area contributed by atoms with E-state index >= 15 is 0 Å². The molecular weight excluding hydrogens is 279 g/mol. The highest BCUT2D eigenvalue weighted by Gasteiger charge is 2.17. The molecule has 0 amide bonds. The summed E-state index contributed by atoms with van der Waals surface area (Å²) in [6.07, 6.45) is 8.39. The lowest BCUT2D eigenvalue weighted by Crippen LogP contribution is -2.26. The zero-order valence-corrected chi connectivity index (χ0v) is 9.57. The molecule has 0 aliphatic heterocycles. The molecule has 1 heterocycles. The maximum atomic E-state index is 5.49. The van der Waals surface area contributed by atoms with Gasteiger partial charge >= 0.3 is 0 Å². The fourth-order valence-electron chi connectivity index (χ4n) is 0.648. The van der Waals surface area contributed by atoms with E-state index < -0.39 is 5.60 Å². The summed E-state index contributed by atoms with van der Waals surface area (Å²) < 4.78 is 6.34. The van der Waals surface area contributed by atoms with Gasteiger partial charge in [0.2, 0.25) is 5.88 Å². The summed E-state index contributed by atoms with van der Waals surface area (Å²) >= 11 is 2.10. The van der Waals surface area contributed by atoms with Crippen molar-refractivity contribution in [2.45, 2.75) is 19.4 Å². The zero-order valence-electron chi connectivity index (χ0n) is 7.41. The monoisotopic (exact) mass is 288 g/mol. The lowest BCUT2D eigenvalue weighted by atomic mass is 10.1. The van der Waals surface area contributed by atoms with Crippen LogP contribution in [0.25, 0.3) is 0 Å². The smallest absolute Gasteiger partial charge is 0.231 e. The van der Waals surface area contributed by atoms with Crippen LogP contribution in [0.1, 0.15) is 13.8 Å². The zero-order chi connectivity index (χ0) is 9.90. The van der Waals surface area contributed by atoms with E-state index in [1.54, 1.807) is 6.20 Å². The van der Waals surface area contributed by atoms with Crippen LogP contribution in [-0.4, -0.2) is 15.6 Å². The Bertz CT molecular complexity index is 344. The first-order valence-corrected chi connectivity index (χ1v) is 4.75. The molecule has 0 radical (unpaired) electrons. The van der Waals surface area contributed by atoms with Crippen LogP contribution >= 0.6 is 22.6 Å². The molecule has 3 nitrogen and oxygen atoms in total. The lowest BCUT2D eigenvalue weighted by molar-refractivity contribution is 0.163. The maximum absolute atomic E-state index is 5.49. The fraction of sp³-hybridized carbons (Fsp3) is 0.333. The molecule has 0 fully saturated rings. The van der Waals surface area contributed by atoms with Gasteiger partial charge in [0.05, 0.1) is 3.57 Å². The number of rotatable bonds is 2. The van der Waals surface area contributed by atoms with Crippen LogP contribution in [0.15, 0.2) is 12.5 Å². The van der Waals surface area contributed by atoms with Crippen molar-refractivity contribution < 1.29 is 4.74 Å². The molecule has 1 aromatic rings. The molecule has 0 aliphatic rings. The van der Waals surface area contributed by atoms with E-state index in [1.807, 2.05) is 13.8 Å². The molecule has 0 unspecified atom stereocenters. The van der Waals surface area contributed by atoms with Crippen molar-refractivity contribution in [2.75, 3.05) is 0 Å². The van der Waals surface area contributed by atoms with Crippen LogP contribution in [-0.2, 0) is 0 Å². The van der Waals surface area contributed by atoms with Crippen molar-refractivity contribution in [3.8, 4) is 18.2 Å². The Balaban J connectivity index is 2.88. The molecule has 0 saturated heterocycles. The minimum Gasteiger partial charge on any atom is -0.458 e. The Morgan fingerprint density at radius 1 is 1.62 bits per heavy atom. The largest absolute Gasteiger partial charge is 0.458 e. The Kier molecular flexibility index (Phi) is 3.09. The first kappa shape index (κ1) is 10.3. The van der Waals surface area contributed by atoms with Gasteiger partial charge in [0.15, 0.2) is 5.60 Å². The van der Waals surface area contributed by atoms with Gasteiger partial charge in [-0.2, -0.15) is 0 Å². The number of aromatic nitrogens is 2. The summed E-state index contributed by atoms with van der Waals surface area (Å²) in [5.74, 6) is 3.06. The summed E-state index contributed by atoms with van der Waals surface area (Å²) in [4.78, 5) is 7.83. The predicted octanol–water partition coefficient (Wildman–Crippen LogP) is 1.87. The van der Waals surface area contributed by atoms with Gasteiger partial charge in [-0.15, -0.1) is 6.42 Å². The predicted molar refractivity (Wildman–Crippen MR) is 58.3 cm³/mol. The molecule has 0 aromatic carbocycles. The van der Waals surface area contributed by atoms with Crippen LogP contribution in [0, 0.1) is 15.9 Å². The first-order chi connectivity index (χ1) is 6.05. The lowest BCUT2D eigenvalue weighted by Gasteiger charge is -2.19. The van der Waals surface area contributed by atoms with Gasteiger partial charge < -0.3 is 4.74 Å². The van der Waals surface area contributed by atoms with Crippen LogP contribution in [0.3, 0.4) is 0 Å². The van der Waals surface area contributed by atoms with E-state index in [1.165, 1.54) is 6.33 Å². The van der Waals surface area contributed by atoms with Crippen LogP contribution < -0.4 is 4.74 Å². The molecule has 4 heteroatoms. The Labute approximate surface area is 91.1 Å². The molecule has 1 rings (SSSR count). The molecule has 0 spiro atoms. The van der Waals surface area contributed by atoms with Gasteiger partial charge in [-0.3, -0.25) is 0 Å². The second-order valence-corrected chi connectivity index (χ2v) is 4.09. The minimum absolute atomic E-state index is 0.526. The van der Waals surface area contributed by atoms with Crippen molar-refractivity contribution in [3.63, 3.8) is 0 Å². The van der Waals surface area contributed by atoms with Gasteiger partial charge in [0.1, 0.15) is 6.33 Å². The average Bonchev–Trinajstić information content (AvgIpc) is 2.09. The van der Waals surface area contributed by atoms with Gasteiger partial charge in [-0.1, -0.05) is 5.92 Å². The molecule has 0 bridgehead atoms. The number of terminal acetylenes is 1. The molecule has 1 aromatic heterocycles. The van der Waals surface area contributed by atoms with Gasteiger partial charge in [0.25, 0.3) is 0 Å². The topological polar surface area (TPSA) is 35.0 Å². The second kappa shape index (κ2) is 3.92. The van der Waals surface area contributed by atoms with Gasteiger partial charge in [-0.25, -0.2) is 9.97 Å². The van der Waals surface area contributed by atoms with Crippen molar-refractivity contribution in [1.82, 2.24) is 9.97 Å². The first-order valence-electron chi connectivity index (χ1n) is 3.67. The standard InChI is InChI=1S/C9H9IN2O/c1-4-9(2,3)13-8-7(10)5-11-6-12-8/h1,5-6H,2-3H3. The summed E-state index contributed by atoms with van der Waals surface area (Å²) in [5, 5.41) is 0. The number of ether oxygens (including phenoxy) is 1. The molecule has 0 N–H and O–H groups in total. The summed E-state index contributed by atoms with van der Waals surface area (Å²) in [5.41, 5.74) is -0.631. The highest BCUT2D eigenvalue weighted by Crippen LogP contribution is 2.20. The second-order valence-electron chi connectivity index (χ2n) is 2.93. The van der Waals surface area contributed by atoms with E-state index in [0.717, 1.165) is 3.57 Å². The molecule has 0 saturated carbocycles. The van der Waals surface area contributed by atoms with E-state index in [2.05, 4.69) is 38.5 Å². The van der Waals surface area contributed by atoms with Gasteiger partial charge in [-0.05, 0) is 36.4 Å². The van der Waals surface area contributed by atoms with Crippen LogP contribution in [0.2, 0.25) is 0 Å². The quantitative estimate of drug-likeness (QED) is 0.615. The Morgan fingerprint density at radius 2 is 2.31 bits per heavy atom. The number of hydrogen-bond acceptors (Lipinski definition) is 3. The summed E-state index contributed by atoms with van der Waals surface area (Å²) in [7, 11) is 0. The normalized spacial score (nSPS) is 10.6. The molecule has 13 heavy (non-hydrogen) atoms. The third kappa shape index (κ3) is 2.84. The molecule has 0 atom stereocenters. The summed E-state index contributed by atoms with van der Waals surface area (Å²) in [6, 6.07) is 0. The van der Waals surface area contributed by atoms with E-state index in [0.29, 0.717) is 5.88 Å². The Hall–Kier alpha value is -0.830. The number of nitrogens with zero attached hydrogens (tertiary/aromatic N) is 2. The van der Waals surface area contributed by atoms with Crippen LogP contribution in [0.4, 0.5) is 0 Å². The fourth-order valence-corrected chi connectivity index (χ4v) is 1.06. The number of hydrogen-bond donors (Lipinski definition) is 0.